The zero-order valence-electron chi connectivity index (χ0n) is 9.53. The molecule has 1 heterocycles. The number of ketones is 1. The van der Waals surface area contributed by atoms with Gasteiger partial charge in [-0.25, -0.2) is 9.67 Å². The number of aryl methyl sites for hydroxylation is 1. The smallest absolute Gasteiger partial charge is 0.142 e. The molecule has 0 aliphatic heterocycles. The molecule has 0 aliphatic rings. The molecule has 0 aromatic carbocycles. The van der Waals surface area contributed by atoms with Gasteiger partial charge in [-0.2, -0.15) is 5.10 Å². The third-order valence-electron chi connectivity index (χ3n) is 2.00. The van der Waals surface area contributed by atoms with Gasteiger partial charge >= 0.3 is 0 Å². The summed E-state index contributed by atoms with van der Waals surface area (Å²) in [6.45, 7) is 6.38. The lowest BCUT2D eigenvalue weighted by Gasteiger charge is -2.16. The summed E-state index contributed by atoms with van der Waals surface area (Å²) in [5.41, 5.74) is 5.32. The maximum atomic E-state index is 11.6. The van der Waals surface area contributed by atoms with Crippen molar-refractivity contribution in [2.24, 2.45) is 5.73 Å². The third-order valence-corrected chi connectivity index (χ3v) is 2.00. The first-order chi connectivity index (χ1) is 6.92. The molecule has 15 heavy (non-hydrogen) atoms. The molecule has 5 heteroatoms. The molecular weight excluding hydrogens is 192 g/mol. The fourth-order valence-corrected chi connectivity index (χ4v) is 1.44. The Morgan fingerprint density at radius 3 is 2.80 bits per heavy atom. The minimum absolute atomic E-state index is 0.102. The first-order valence-electron chi connectivity index (χ1n) is 5.09. The lowest BCUT2D eigenvalue weighted by Crippen LogP contribution is -2.35. The molecule has 84 valence electrons. The van der Waals surface area contributed by atoms with E-state index in [1.165, 1.54) is 6.33 Å². The van der Waals surface area contributed by atoms with Gasteiger partial charge in [0.15, 0.2) is 0 Å². The van der Waals surface area contributed by atoms with Gasteiger partial charge in [0.1, 0.15) is 17.9 Å². The van der Waals surface area contributed by atoms with Crippen molar-refractivity contribution >= 4 is 5.78 Å². The highest BCUT2D eigenvalue weighted by Gasteiger charge is 2.18. The summed E-state index contributed by atoms with van der Waals surface area (Å²) in [4.78, 5) is 15.7. The van der Waals surface area contributed by atoms with Crippen LogP contribution in [0.2, 0.25) is 0 Å². The highest BCUT2D eigenvalue weighted by Crippen LogP contribution is 2.07. The van der Waals surface area contributed by atoms with Gasteiger partial charge in [-0.3, -0.25) is 4.79 Å². The average Bonchev–Trinajstić information content (AvgIpc) is 2.48. The number of carbonyl (C=O) groups excluding carboxylic acids is 1. The molecule has 5 nitrogen and oxygen atoms in total. The summed E-state index contributed by atoms with van der Waals surface area (Å²) in [6, 6.07) is 0. The van der Waals surface area contributed by atoms with Crippen LogP contribution in [-0.4, -0.2) is 26.1 Å². The number of hydrogen-bond donors (Lipinski definition) is 1. The topological polar surface area (TPSA) is 73.8 Å². The summed E-state index contributed by atoms with van der Waals surface area (Å²) < 4.78 is 1.72. The zero-order chi connectivity index (χ0) is 11.5. The second-order valence-electron chi connectivity index (χ2n) is 4.37. The fourth-order valence-electron chi connectivity index (χ4n) is 1.44. The average molecular weight is 210 g/mol. The van der Waals surface area contributed by atoms with E-state index in [-0.39, 0.29) is 5.78 Å². The summed E-state index contributed by atoms with van der Waals surface area (Å²) >= 11 is 0. The quantitative estimate of drug-likeness (QED) is 0.769. The standard InChI is InChI=1S/C10H18N4O/c1-4-14-9(12-7-13-14)5-8(15)6-10(2,3)11/h7H,4-6,11H2,1-3H3. The Balaban J connectivity index is 2.59. The molecule has 0 atom stereocenters. The summed E-state index contributed by atoms with van der Waals surface area (Å²) in [7, 11) is 0. The van der Waals surface area contributed by atoms with Crippen LogP contribution in [0, 0.1) is 0 Å². The second kappa shape index (κ2) is 4.53. The SMILES string of the molecule is CCn1ncnc1CC(=O)CC(C)(C)N. The van der Waals surface area contributed by atoms with Crippen molar-refractivity contribution in [2.45, 2.75) is 45.7 Å². The molecule has 0 aliphatic carbocycles. The number of carbonyl (C=O) groups is 1. The predicted octanol–water partition coefficient (Wildman–Crippen LogP) is 0.537. The minimum atomic E-state index is -0.450. The number of rotatable bonds is 5. The van der Waals surface area contributed by atoms with Crippen molar-refractivity contribution in [3.63, 3.8) is 0 Å². The van der Waals surface area contributed by atoms with E-state index in [2.05, 4.69) is 10.1 Å². The maximum Gasteiger partial charge on any atom is 0.142 e. The van der Waals surface area contributed by atoms with E-state index < -0.39 is 5.54 Å². The van der Waals surface area contributed by atoms with Gasteiger partial charge in [-0.05, 0) is 20.8 Å². The lowest BCUT2D eigenvalue weighted by atomic mass is 9.98. The number of Topliss-reactive ketones (excluding diaryl/α,β-unsaturated/α-hetero) is 1. The Labute approximate surface area is 89.7 Å². The molecule has 1 aromatic rings. The number of aromatic nitrogens is 3. The predicted molar refractivity (Wildman–Crippen MR) is 57.3 cm³/mol. The highest BCUT2D eigenvalue weighted by atomic mass is 16.1. The molecule has 1 rings (SSSR count). The lowest BCUT2D eigenvalue weighted by molar-refractivity contribution is -0.119. The second-order valence-corrected chi connectivity index (χ2v) is 4.37. The summed E-state index contributed by atoms with van der Waals surface area (Å²) in [6.07, 6.45) is 2.15. The fraction of sp³-hybridized carbons (Fsp3) is 0.700. The zero-order valence-corrected chi connectivity index (χ0v) is 9.53. The van der Waals surface area contributed by atoms with E-state index in [0.717, 1.165) is 6.54 Å². The first kappa shape index (κ1) is 11.8. The van der Waals surface area contributed by atoms with E-state index in [1.54, 1.807) is 4.68 Å². The van der Waals surface area contributed by atoms with Crippen molar-refractivity contribution in [3.05, 3.63) is 12.2 Å². The van der Waals surface area contributed by atoms with E-state index in [9.17, 15) is 4.79 Å². The number of nitrogens with zero attached hydrogens (tertiary/aromatic N) is 3. The minimum Gasteiger partial charge on any atom is -0.325 e. The molecule has 1 aromatic heterocycles. The number of hydrogen-bond acceptors (Lipinski definition) is 4. The van der Waals surface area contributed by atoms with Gasteiger partial charge in [0, 0.05) is 18.5 Å². The van der Waals surface area contributed by atoms with Crippen LogP contribution in [0.5, 0.6) is 0 Å². The van der Waals surface area contributed by atoms with Gasteiger partial charge in [0.05, 0.1) is 6.42 Å². The first-order valence-corrected chi connectivity index (χ1v) is 5.09. The molecule has 0 radical (unpaired) electrons. The van der Waals surface area contributed by atoms with E-state index in [1.807, 2.05) is 20.8 Å². The van der Waals surface area contributed by atoms with E-state index >= 15 is 0 Å². The van der Waals surface area contributed by atoms with Crippen LogP contribution in [0.4, 0.5) is 0 Å². The van der Waals surface area contributed by atoms with Gasteiger partial charge in [-0.1, -0.05) is 0 Å². The highest BCUT2D eigenvalue weighted by molar-refractivity contribution is 5.81. The maximum absolute atomic E-state index is 11.6. The Kier molecular flexibility index (Phi) is 3.57. The Morgan fingerprint density at radius 2 is 2.27 bits per heavy atom. The largest absolute Gasteiger partial charge is 0.325 e. The molecular formula is C10H18N4O. The van der Waals surface area contributed by atoms with Gasteiger partial charge in [-0.15, -0.1) is 0 Å². The van der Waals surface area contributed by atoms with Crippen molar-refractivity contribution in [2.75, 3.05) is 0 Å². The van der Waals surface area contributed by atoms with Crippen LogP contribution >= 0.6 is 0 Å². The molecule has 0 spiro atoms. The van der Waals surface area contributed by atoms with Crippen molar-refractivity contribution in [1.29, 1.82) is 0 Å². The van der Waals surface area contributed by atoms with Crippen LogP contribution in [-0.2, 0) is 17.8 Å². The van der Waals surface area contributed by atoms with Crippen LogP contribution in [0.1, 0.15) is 33.0 Å². The van der Waals surface area contributed by atoms with Gasteiger partial charge in [0.2, 0.25) is 0 Å². The van der Waals surface area contributed by atoms with Crippen LogP contribution in [0.15, 0.2) is 6.33 Å². The van der Waals surface area contributed by atoms with E-state index in [0.29, 0.717) is 18.7 Å². The molecule has 0 amide bonds. The number of nitrogens with two attached hydrogens (primary N) is 1. The molecule has 0 saturated heterocycles. The Bertz CT molecular complexity index is 337. The molecule has 0 unspecified atom stereocenters. The molecule has 0 fully saturated rings. The molecule has 0 saturated carbocycles. The Hall–Kier alpha value is -1.23. The van der Waals surface area contributed by atoms with Crippen LogP contribution in [0.3, 0.4) is 0 Å². The van der Waals surface area contributed by atoms with Gasteiger partial charge < -0.3 is 5.73 Å². The third kappa shape index (κ3) is 3.79. The van der Waals surface area contributed by atoms with Crippen molar-refractivity contribution < 1.29 is 4.79 Å². The van der Waals surface area contributed by atoms with Crippen LogP contribution in [0.25, 0.3) is 0 Å². The molecule has 2 N–H and O–H groups in total. The summed E-state index contributed by atoms with van der Waals surface area (Å²) in [5, 5.41) is 4.01. The van der Waals surface area contributed by atoms with Crippen molar-refractivity contribution in [1.82, 2.24) is 14.8 Å². The molecule has 0 bridgehead atoms. The Morgan fingerprint density at radius 1 is 1.60 bits per heavy atom. The summed E-state index contributed by atoms with van der Waals surface area (Å²) in [5.74, 6) is 0.817. The van der Waals surface area contributed by atoms with Gasteiger partial charge in [0.25, 0.3) is 0 Å². The normalized spacial score (nSPS) is 11.7. The van der Waals surface area contributed by atoms with Crippen molar-refractivity contribution in [3.8, 4) is 0 Å². The monoisotopic (exact) mass is 210 g/mol. The van der Waals surface area contributed by atoms with E-state index in [4.69, 9.17) is 5.73 Å². The van der Waals surface area contributed by atoms with Crippen LogP contribution < -0.4 is 5.73 Å².